The van der Waals surface area contributed by atoms with Crippen molar-refractivity contribution in [2.24, 2.45) is 0 Å². The Kier molecular flexibility index (Phi) is 4.12. The van der Waals surface area contributed by atoms with E-state index in [2.05, 4.69) is 26.1 Å². The van der Waals surface area contributed by atoms with E-state index in [0.29, 0.717) is 17.8 Å². The number of hydrogen-bond donors (Lipinski definition) is 4. The summed E-state index contributed by atoms with van der Waals surface area (Å²) in [7, 11) is 0. The van der Waals surface area contributed by atoms with Crippen LogP contribution in [0.3, 0.4) is 0 Å². The molecule has 3 aliphatic rings. The molecule has 3 aromatic heterocycles. The minimum absolute atomic E-state index is 0.0636. The van der Waals surface area contributed by atoms with Gasteiger partial charge in [-0.25, -0.2) is 0 Å². The quantitative estimate of drug-likeness (QED) is 0.484. The Morgan fingerprint density at radius 1 is 1.20 bits per heavy atom. The van der Waals surface area contributed by atoms with Crippen molar-refractivity contribution >= 4 is 29.3 Å². The molecule has 3 aromatic rings. The summed E-state index contributed by atoms with van der Waals surface area (Å²) >= 11 is 0. The van der Waals surface area contributed by atoms with Crippen molar-refractivity contribution in [2.45, 2.75) is 43.7 Å². The Labute approximate surface area is 173 Å². The van der Waals surface area contributed by atoms with Gasteiger partial charge in [0.15, 0.2) is 5.82 Å². The van der Waals surface area contributed by atoms with E-state index in [9.17, 15) is 4.79 Å². The van der Waals surface area contributed by atoms with E-state index < -0.39 is 0 Å². The van der Waals surface area contributed by atoms with Crippen LogP contribution in [-0.4, -0.2) is 62.2 Å². The van der Waals surface area contributed by atoms with Gasteiger partial charge in [-0.1, -0.05) is 0 Å². The van der Waals surface area contributed by atoms with Gasteiger partial charge in [-0.3, -0.25) is 14.3 Å². The minimum atomic E-state index is -0.234. The average Bonchev–Trinajstić information content (AvgIpc) is 3.12. The number of rotatable bonds is 6. The Morgan fingerprint density at radius 2 is 2.10 bits per heavy atom. The van der Waals surface area contributed by atoms with Crippen LogP contribution in [0.1, 0.15) is 37.3 Å². The van der Waals surface area contributed by atoms with Crippen molar-refractivity contribution in [2.75, 3.05) is 29.9 Å². The van der Waals surface area contributed by atoms with Gasteiger partial charge in [-0.15, -0.1) is 0 Å². The molecule has 1 amide bonds. The number of anilines is 3. The molecule has 3 fully saturated rings. The van der Waals surface area contributed by atoms with Gasteiger partial charge >= 0.3 is 0 Å². The fourth-order valence-corrected chi connectivity index (χ4v) is 4.22. The third kappa shape index (κ3) is 3.17. The van der Waals surface area contributed by atoms with Gasteiger partial charge in [0.1, 0.15) is 11.7 Å². The molecule has 1 aliphatic carbocycles. The Morgan fingerprint density at radius 3 is 2.90 bits per heavy atom. The molecule has 4 N–H and O–H groups in total. The fraction of sp³-hybridized carbons (Fsp3) is 0.500. The SMILES string of the molecule is O=C(NC1CNC1)[C@@H]1CCCN1c1nc(Nc2cc(C3CC3)[nH]n2)n2cccc2n1. The van der Waals surface area contributed by atoms with E-state index in [1.165, 1.54) is 12.8 Å². The third-order valence-electron chi connectivity index (χ3n) is 6.17. The molecule has 10 heteroatoms. The Bertz CT molecular complexity index is 1080. The number of fused-ring (bicyclic) bond motifs is 1. The number of hydrogen-bond acceptors (Lipinski definition) is 7. The molecular formula is C20H25N9O. The second kappa shape index (κ2) is 6.98. The Hall–Kier alpha value is -3.14. The second-order valence-electron chi connectivity index (χ2n) is 8.41. The fourth-order valence-electron chi connectivity index (χ4n) is 4.22. The molecule has 2 aliphatic heterocycles. The molecule has 10 nitrogen and oxygen atoms in total. The van der Waals surface area contributed by atoms with E-state index in [-0.39, 0.29) is 18.0 Å². The highest BCUT2D eigenvalue weighted by molar-refractivity contribution is 5.85. The maximum absolute atomic E-state index is 12.8. The second-order valence-corrected chi connectivity index (χ2v) is 8.41. The van der Waals surface area contributed by atoms with E-state index >= 15 is 0 Å². The Balaban J connectivity index is 1.29. The van der Waals surface area contributed by atoms with Crippen LogP contribution in [0.4, 0.5) is 17.7 Å². The van der Waals surface area contributed by atoms with Gasteiger partial charge in [-0.2, -0.15) is 15.1 Å². The highest BCUT2D eigenvalue weighted by Crippen LogP contribution is 2.39. The molecule has 0 aromatic carbocycles. The van der Waals surface area contributed by atoms with Crippen molar-refractivity contribution in [3.63, 3.8) is 0 Å². The molecule has 156 valence electrons. The summed E-state index contributed by atoms with van der Waals surface area (Å²) in [6.45, 7) is 2.45. The largest absolute Gasteiger partial charge is 0.349 e. The molecule has 5 heterocycles. The maximum atomic E-state index is 12.8. The maximum Gasteiger partial charge on any atom is 0.243 e. The topological polar surface area (TPSA) is 115 Å². The summed E-state index contributed by atoms with van der Waals surface area (Å²) < 4.78 is 1.90. The van der Waals surface area contributed by atoms with Crippen LogP contribution in [0.25, 0.3) is 5.65 Å². The van der Waals surface area contributed by atoms with Crippen molar-refractivity contribution in [3.8, 4) is 0 Å². The zero-order chi connectivity index (χ0) is 20.1. The molecule has 30 heavy (non-hydrogen) atoms. The zero-order valence-electron chi connectivity index (χ0n) is 16.6. The van der Waals surface area contributed by atoms with E-state index in [1.54, 1.807) is 0 Å². The monoisotopic (exact) mass is 407 g/mol. The first-order chi connectivity index (χ1) is 14.7. The third-order valence-corrected chi connectivity index (χ3v) is 6.17. The number of aromatic amines is 1. The highest BCUT2D eigenvalue weighted by Gasteiger charge is 2.35. The lowest BCUT2D eigenvalue weighted by molar-refractivity contribution is -0.123. The molecule has 6 rings (SSSR count). The molecule has 2 saturated heterocycles. The number of nitrogens with zero attached hydrogens (tertiary/aromatic N) is 5. The van der Waals surface area contributed by atoms with Crippen LogP contribution >= 0.6 is 0 Å². The van der Waals surface area contributed by atoms with E-state index in [4.69, 9.17) is 9.97 Å². The van der Waals surface area contributed by atoms with Crippen LogP contribution in [0.5, 0.6) is 0 Å². The van der Waals surface area contributed by atoms with Gasteiger partial charge in [0, 0.05) is 43.5 Å². The van der Waals surface area contributed by atoms with E-state index in [0.717, 1.165) is 49.6 Å². The van der Waals surface area contributed by atoms with Crippen LogP contribution in [0.2, 0.25) is 0 Å². The lowest BCUT2D eigenvalue weighted by atomic mass is 10.1. The van der Waals surface area contributed by atoms with Crippen LogP contribution < -0.4 is 20.9 Å². The van der Waals surface area contributed by atoms with E-state index in [1.807, 2.05) is 33.7 Å². The summed E-state index contributed by atoms with van der Waals surface area (Å²) in [6.07, 6.45) is 6.12. The number of amides is 1. The molecule has 1 saturated carbocycles. The van der Waals surface area contributed by atoms with Gasteiger partial charge in [0.05, 0.1) is 6.04 Å². The lowest BCUT2D eigenvalue weighted by Crippen LogP contribution is -2.59. The first-order valence-corrected chi connectivity index (χ1v) is 10.7. The first kappa shape index (κ1) is 17.7. The van der Waals surface area contributed by atoms with Crippen LogP contribution in [0.15, 0.2) is 24.4 Å². The molecular weight excluding hydrogens is 382 g/mol. The zero-order valence-corrected chi connectivity index (χ0v) is 16.6. The number of nitrogens with one attached hydrogen (secondary N) is 4. The van der Waals surface area contributed by atoms with Gasteiger partial charge in [0.25, 0.3) is 0 Å². The van der Waals surface area contributed by atoms with Crippen molar-refractivity contribution in [1.82, 2.24) is 35.2 Å². The van der Waals surface area contributed by atoms with Crippen molar-refractivity contribution < 1.29 is 4.79 Å². The molecule has 0 spiro atoms. The smallest absolute Gasteiger partial charge is 0.243 e. The highest BCUT2D eigenvalue weighted by atomic mass is 16.2. The number of aromatic nitrogens is 5. The first-order valence-electron chi connectivity index (χ1n) is 10.7. The molecule has 1 atom stereocenters. The summed E-state index contributed by atoms with van der Waals surface area (Å²) in [5.41, 5.74) is 1.95. The van der Waals surface area contributed by atoms with Gasteiger partial charge in [0.2, 0.25) is 17.8 Å². The van der Waals surface area contributed by atoms with Crippen LogP contribution in [0, 0.1) is 0 Å². The average molecular weight is 407 g/mol. The van der Waals surface area contributed by atoms with Crippen molar-refractivity contribution in [3.05, 3.63) is 30.1 Å². The van der Waals surface area contributed by atoms with Crippen LogP contribution in [-0.2, 0) is 4.79 Å². The predicted molar refractivity (Wildman–Crippen MR) is 112 cm³/mol. The summed E-state index contributed by atoms with van der Waals surface area (Å²) in [4.78, 5) is 24.4. The normalized spacial score (nSPS) is 21.7. The number of H-pyrrole nitrogens is 1. The lowest BCUT2D eigenvalue weighted by Gasteiger charge is -2.31. The minimum Gasteiger partial charge on any atom is -0.349 e. The molecule has 0 bridgehead atoms. The summed E-state index contributed by atoms with van der Waals surface area (Å²) in [5.74, 6) is 2.63. The standard InChI is InChI=1S/C20H25N9O/c30-18(22-13-10-21-11-13)15-3-1-7-28(15)20-24-17-4-2-8-29(17)19(25-20)23-16-9-14(26-27-16)12-5-6-12/h2,4,8-9,12-13,15,21H,1,3,5-7,10-11H2,(H,22,30)(H2,23,24,25,26,27)/t15-/m0/s1. The van der Waals surface area contributed by atoms with Gasteiger partial charge < -0.3 is 20.9 Å². The number of carbonyl (C=O) groups is 1. The number of carbonyl (C=O) groups excluding carboxylic acids is 1. The van der Waals surface area contributed by atoms with Gasteiger partial charge in [-0.05, 0) is 37.8 Å². The molecule has 0 radical (unpaired) electrons. The summed E-state index contributed by atoms with van der Waals surface area (Å²) in [6, 6.07) is 5.93. The molecule has 0 unspecified atom stereocenters. The van der Waals surface area contributed by atoms with Crippen molar-refractivity contribution in [1.29, 1.82) is 0 Å². The predicted octanol–water partition coefficient (Wildman–Crippen LogP) is 1.13. The summed E-state index contributed by atoms with van der Waals surface area (Å²) in [5, 5.41) is 17.2.